The average Bonchev–Trinajstić information content (AvgIpc) is 3.05. The number of likely N-dealkylation sites (tertiary alicyclic amines) is 1. The molecule has 5 nitrogen and oxygen atoms in total. The van der Waals surface area contributed by atoms with Gasteiger partial charge >= 0.3 is 0 Å². The number of rotatable bonds is 5. The van der Waals surface area contributed by atoms with Gasteiger partial charge in [-0.2, -0.15) is 0 Å². The molecule has 0 radical (unpaired) electrons. The van der Waals surface area contributed by atoms with E-state index in [9.17, 15) is 4.79 Å². The molecule has 2 aromatic heterocycles. The molecule has 1 aliphatic heterocycles. The van der Waals surface area contributed by atoms with Crippen molar-refractivity contribution in [2.24, 2.45) is 0 Å². The van der Waals surface area contributed by atoms with Crippen molar-refractivity contribution in [3.8, 4) is 0 Å². The molecule has 1 fully saturated rings. The summed E-state index contributed by atoms with van der Waals surface area (Å²) in [6.45, 7) is 9.48. The number of aromatic nitrogens is 2. The molecule has 4 rings (SSSR count). The van der Waals surface area contributed by atoms with Gasteiger partial charge in [0.1, 0.15) is 5.76 Å². The average molecular weight is 418 g/mol. The third-order valence-corrected chi connectivity index (χ3v) is 6.23. The van der Waals surface area contributed by atoms with Crippen molar-refractivity contribution in [2.45, 2.75) is 59.3 Å². The highest BCUT2D eigenvalue weighted by Crippen LogP contribution is 2.28. The largest absolute Gasteiger partial charge is 0.361 e. The lowest BCUT2D eigenvalue weighted by Crippen LogP contribution is -2.40. The van der Waals surface area contributed by atoms with E-state index in [1.165, 1.54) is 16.7 Å². The maximum absolute atomic E-state index is 13.0. The van der Waals surface area contributed by atoms with Crippen LogP contribution in [0.1, 0.15) is 63.9 Å². The first kappa shape index (κ1) is 21.3. The van der Waals surface area contributed by atoms with Crippen molar-refractivity contribution in [3.05, 3.63) is 81.5 Å². The van der Waals surface area contributed by atoms with Gasteiger partial charge in [-0.1, -0.05) is 35.0 Å². The van der Waals surface area contributed by atoms with Crippen LogP contribution in [0.25, 0.3) is 0 Å². The smallest absolute Gasteiger partial charge is 0.227 e. The van der Waals surface area contributed by atoms with Crippen LogP contribution >= 0.6 is 0 Å². The molecule has 3 aromatic rings. The standard InChI is InChI=1S/C26H31N3O2/c1-17-7-5-8-21(11-17)13-22-12-18(2)27-25(14-22)23-9-6-10-29(16-23)26(30)15-24-19(3)28-31-20(24)4/h5,7-8,11-12,14,23H,6,9-10,13,15-16H2,1-4H3/t23-/m1/s1. The lowest BCUT2D eigenvalue weighted by atomic mass is 9.92. The quantitative estimate of drug-likeness (QED) is 0.596. The van der Waals surface area contributed by atoms with Gasteiger partial charge < -0.3 is 9.42 Å². The van der Waals surface area contributed by atoms with E-state index in [0.29, 0.717) is 6.42 Å². The van der Waals surface area contributed by atoms with Crippen LogP contribution in [0.2, 0.25) is 0 Å². The van der Waals surface area contributed by atoms with E-state index in [4.69, 9.17) is 9.51 Å². The molecule has 0 aliphatic carbocycles. The molecule has 1 atom stereocenters. The van der Waals surface area contributed by atoms with Crippen LogP contribution in [-0.4, -0.2) is 34.0 Å². The van der Waals surface area contributed by atoms with Gasteiger partial charge in [0.2, 0.25) is 5.91 Å². The summed E-state index contributed by atoms with van der Waals surface area (Å²) in [6.07, 6.45) is 3.32. The summed E-state index contributed by atoms with van der Waals surface area (Å²) in [5.74, 6) is 1.16. The predicted molar refractivity (Wildman–Crippen MR) is 121 cm³/mol. The summed E-state index contributed by atoms with van der Waals surface area (Å²) in [5.41, 5.74) is 7.76. The number of hydrogen-bond acceptors (Lipinski definition) is 4. The van der Waals surface area contributed by atoms with E-state index < -0.39 is 0 Å². The zero-order valence-corrected chi connectivity index (χ0v) is 18.9. The summed E-state index contributed by atoms with van der Waals surface area (Å²) in [7, 11) is 0. The number of carbonyl (C=O) groups is 1. The zero-order valence-electron chi connectivity index (χ0n) is 18.9. The lowest BCUT2D eigenvalue weighted by molar-refractivity contribution is -0.131. The van der Waals surface area contributed by atoms with Gasteiger partial charge in [-0.25, -0.2) is 0 Å². The van der Waals surface area contributed by atoms with Gasteiger partial charge in [-0.15, -0.1) is 0 Å². The maximum Gasteiger partial charge on any atom is 0.227 e. The van der Waals surface area contributed by atoms with Crippen molar-refractivity contribution in [1.29, 1.82) is 0 Å². The predicted octanol–water partition coefficient (Wildman–Crippen LogP) is 4.84. The fourth-order valence-corrected chi connectivity index (χ4v) is 4.60. The molecule has 31 heavy (non-hydrogen) atoms. The number of carbonyl (C=O) groups excluding carboxylic acids is 1. The molecule has 0 bridgehead atoms. The van der Waals surface area contributed by atoms with Gasteiger partial charge in [0.25, 0.3) is 0 Å². The topological polar surface area (TPSA) is 59.2 Å². The Bertz CT molecular complexity index is 1070. The molecular weight excluding hydrogens is 386 g/mol. The molecule has 0 unspecified atom stereocenters. The highest BCUT2D eigenvalue weighted by molar-refractivity contribution is 5.79. The third-order valence-electron chi connectivity index (χ3n) is 6.23. The van der Waals surface area contributed by atoms with Crippen LogP contribution < -0.4 is 0 Å². The number of hydrogen-bond donors (Lipinski definition) is 0. The summed E-state index contributed by atoms with van der Waals surface area (Å²) >= 11 is 0. The minimum atomic E-state index is 0.145. The normalized spacial score (nSPS) is 16.5. The van der Waals surface area contributed by atoms with Crippen LogP contribution in [-0.2, 0) is 17.6 Å². The van der Waals surface area contributed by atoms with Crippen LogP contribution in [0.3, 0.4) is 0 Å². The molecule has 1 amide bonds. The number of nitrogens with zero attached hydrogens (tertiary/aromatic N) is 3. The second-order valence-corrected chi connectivity index (χ2v) is 8.87. The highest BCUT2D eigenvalue weighted by Gasteiger charge is 2.27. The fraction of sp³-hybridized carbons (Fsp3) is 0.423. The third kappa shape index (κ3) is 5.04. The SMILES string of the molecule is Cc1cccc(Cc2cc(C)nc([C@@H]3CCCN(C(=O)Cc4c(C)noc4C)C3)c2)c1. The number of benzene rings is 1. The van der Waals surface area contributed by atoms with Gasteiger partial charge in [0, 0.05) is 36.0 Å². The number of pyridine rings is 1. The van der Waals surface area contributed by atoms with Crippen molar-refractivity contribution >= 4 is 5.91 Å². The molecular formula is C26H31N3O2. The molecule has 3 heterocycles. The first-order valence-corrected chi connectivity index (χ1v) is 11.1. The van der Waals surface area contributed by atoms with Crippen molar-refractivity contribution < 1.29 is 9.32 Å². The summed E-state index contributed by atoms with van der Waals surface area (Å²) in [6, 6.07) is 13.1. The van der Waals surface area contributed by atoms with E-state index >= 15 is 0 Å². The Morgan fingerprint density at radius 2 is 1.97 bits per heavy atom. The Hall–Kier alpha value is -2.95. The second kappa shape index (κ2) is 9.04. The number of piperidine rings is 1. The Balaban J connectivity index is 1.49. The van der Waals surface area contributed by atoms with Crippen LogP contribution in [0, 0.1) is 27.7 Å². The Morgan fingerprint density at radius 3 is 2.71 bits per heavy atom. The molecule has 0 N–H and O–H groups in total. The van der Waals surface area contributed by atoms with Gasteiger partial charge in [-0.3, -0.25) is 9.78 Å². The van der Waals surface area contributed by atoms with Crippen LogP contribution in [0.15, 0.2) is 40.9 Å². The minimum absolute atomic E-state index is 0.145. The van der Waals surface area contributed by atoms with E-state index in [-0.39, 0.29) is 11.8 Å². The van der Waals surface area contributed by atoms with Crippen molar-refractivity contribution in [3.63, 3.8) is 0 Å². The van der Waals surface area contributed by atoms with Gasteiger partial charge in [0.15, 0.2) is 0 Å². The summed E-state index contributed by atoms with van der Waals surface area (Å²) in [5, 5.41) is 3.98. The second-order valence-electron chi connectivity index (χ2n) is 8.87. The van der Waals surface area contributed by atoms with E-state index in [2.05, 4.69) is 55.4 Å². The number of aryl methyl sites for hydroxylation is 4. The Morgan fingerprint density at radius 1 is 1.13 bits per heavy atom. The van der Waals surface area contributed by atoms with Crippen LogP contribution in [0.4, 0.5) is 0 Å². The van der Waals surface area contributed by atoms with Gasteiger partial charge in [0.05, 0.1) is 12.1 Å². The first-order chi connectivity index (χ1) is 14.9. The molecule has 0 saturated carbocycles. The van der Waals surface area contributed by atoms with E-state index in [0.717, 1.165) is 60.8 Å². The van der Waals surface area contributed by atoms with Crippen molar-refractivity contribution in [1.82, 2.24) is 15.0 Å². The lowest BCUT2D eigenvalue weighted by Gasteiger charge is -2.33. The summed E-state index contributed by atoms with van der Waals surface area (Å²) in [4.78, 5) is 19.8. The summed E-state index contributed by atoms with van der Waals surface area (Å²) < 4.78 is 5.23. The fourth-order valence-electron chi connectivity index (χ4n) is 4.60. The minimum Gasteiger partial charge on any atom is -0.361 e. The molecule has 5 heteroatoms. The molecule has 162 valence electrons. The zero-order chi connectivity index (χ0) is 22.0. The van der Waals surface area contributed by atoms with E-state index in [1.54, 1.807) is 0 Å². The monoisotopic (exact) mass is 417 g/mol. The van der Waals surface area contributed by atoms with Gasteiger partial charge in [-0.05, 0) is 70.2 Å². The Labute approximate surface area is 184 Å². The molecule has 1 saturated heterocycles. The first-order valence-electron chi connectivity index (χ1n) is 11.1. The van der Waals surface area contributed by atoms with Crippen LogP contribution in [0.5, 0.6) is 0 Å². The molecule has 1 aliphatic rings. The number of amides is 1. The maximum atomic E-state index is 13.0. The molecule has 1 aromatic carbocycles. The molecule has 0 spiro atoms. The highest BCUT2D eigenvalue weighted by atomic mass is 16.5. The van der Waals surface area contributed by atoms with E-state index in [1.807, 2.05) is 18.7 Å². The van der Waals surface area contributed by atoms with Crippen molar-refractivity contribution in [2.75, 3.05) is 13.1 Å². The Kier molecular flexibility index (Phi) is 6.21.